The van der Waals surface area contributed by atoms with Gasteiger partial charge < -0.3 is 10.7 Å². The largest absolute Gasteiger partial charge is 0.358 e. The molecule has 0 radical (unpaired) electrons. The Morgan fingerprint density at radius 3 is 2.68 bits per heavy atom. The number of fused-ring (bicyclic) bond motifs is 1. The maximum absolute atomic E-state index is 11.4. The van der Waals surface area contributed by atoms with Crippen molar-refractivity contribution in [1.29, 1.82) is 0 Å². The molecule has 0 saturated heterocycles. The standard InChI is InChI=1S/C16H20N2O/c1-10-15(13-4-2-3-5-14(13)18-10)16(17)11-6-8-12(19)9-7-11/h2-5,11,16,18H,6-9,17H2,1H3. The predicted octanol–water partition coefficient (Wildman–Crippen LogP) is 3.24. The number of hydrogen-bond donors (Lipinski definition) is 2. The Balaban J connectivity index is 1.95. The summed E-state index contributed by atoms with van der Waals surface area (Å²) in [5.41, 5.74) is 10.0. The van der Waals surface area contributed by atoms with E-state index in [0.29, 0.717) is 24.5 Å². The van der Waals surface area contributed by atoms with Crippen molar-refractivity contribution in [2.24, 2.45) is 11.7 Å². The number of para-hydroxylation sites is 1. The van der Waals surface area contributed by atoms with Gasteiger partial charge in [-0.1, -0.05) is 18.2 Å². The summed E-state index contributed by atoms with van der Waals surface area (Å²) in [7, 11) is 0. The van der Waals surface area contributed by atoms with E-state index in [4.69, 9.17) is 5.73 Å². The third-order valence-corrected chi connectivity index (χ3v) is 4.37. The molecule has 1 fully saturated rings. The molecule has 0 bridgehead atoms. The number of carbonyl (C=O) groups is 1. The Morgan fingerprint density at radius 1 is 1.26 bits per heavy atom. The number of rotatable bonds is 2. The van der Waals surface area contributed by atoms with E-state index in [2.05, 4.69) is 30.1 Å². The van der Waals surface area contributed by atoms with Gasteiger partial charge in [0.25, 0.3) is 0 Å². The molecular weight excluding hydrogens is 236 g/mol. The third-order valence-electron chi connectivity index (χ3n) is 4.37. The van der Waals surface area contributed by atoms with Gasteiger partial charge in [0.2, 0.25) is 0 Å². The van der Waals surface area contributed by atoms with Crippen molar-refractivity contribution in [2.45, 2.75) is 38.6 Å². The lowest BCUT2D eigenvalue weighted by Gasteiger charge is -2.27. The molecule has 1 unspecified atom stereocenters. The predicted molar refractivity (Wildman–Crippen MR) is 76.9 cm³/mol. The van der Waals surface area contributed by atoms with Crippen molar-refractivity contribution in [3.05, 3.63) is 35.5 Å². The lowest BCUT2D eigenvalue weighted by molar-refractivity contribution is -0.121. The molecule has 3 N–H and O–H groups in total. The van der Waals surface area contributed by atoms with Crippen LogP contribution in [0.5, 0.6) is 0 Å². The molecule has 1 aliphatic rings. The number of benzene rings is 1. The molecular formula is C16H20N2O. The summed E-state index contributed by atoms with van der Waals surface area (Å²) >= 11 is 0. The van der Waals surface area contributed by atoms with Crippen LogP contribution in [0.2, 0.25) is 0 Å². The summed E-state index contributed by atoms with van der Waals surface area (Å²) in [5.74, 6) is 0.815. The number of aromatic nitrogens is 1. The van der Waals surface area contributed by atoms with Gasteiger partial charge in [0.15, 0.2) is 0 Å². The molecule has 1 atom stereocenters. The van der Waals surface area contributed by atoms with Crippen LogP contribution in [0, 0.1) is 12.8 Å². The normalized spacial score (nSPS) is 18.9. The van der Waals surface area contributed by atoms with Crippen molar-refractivity contribution < 1.29 is 4.79 Å². The Bertz CT molecular complexity index is 604. The second kappa shape index (κ2) is 4.82. The molecule has 3 nitrogen and oxygen atoms in total. The van der Waals surface area contributed by atoms with Gasteiger partial charge in [-0.15, -0.1) is 0 Å². The first kappa shape index (κ1) is 12.4. The maximum Gasteiger partial charge on any atom is 0.132 e. The van der Waals surface area contributed by atoms with Crippen LogP contribution in [-0.2, 0) is 4.79 Å². The molecule has 1 aromatic carbocycles. The van der Waals surface area contributed by atoms with Crippen molar-refractivity contribution in [2.75, 3.05) is 0 Å². The highest BCUT2D eigenvalue weighted by Gasteiger charge is 2.27. The molecule has 0 aliphatic heterocycles. The average Bonchev–Trinajstić information content (AvgIpc) is 2.74. The van der Waals surface area contributed by atoms with Gasteiger partial charge in [0.1, 0.15) is 5.78 Å². The molecule has 1 saturated carbocycles. The van der Waals surface area contributed by atoms with Crippen molar-refractivity contribution in [3.63, 3.8) is 0 Å². The smallest absolute Gasteiger partial charge is 0.132 e. The Morgan fingerprint density at radius 2 is 1.95 bits per heavy atom. The third kappa shape index (κ3) is 2.19. The second-order valence-corrected chi connectivity index (χ2v) is 5.61. The topological polar surface area (TPSA) is 58.9 Å². The summed E-state index contributed by atoms with van der Waals surface area (Å²) in [6.07, 6.45) is 3.25. The van der Waals surface area contributed by atoms with E-state index in [1.54, 1.807) is 0 Å². The zero-order valence-corrected chi connectivity index (χ0v) is 11.3. The minimum absolute atomic E-state index is 0.0317. The van der Waals surface area contributed by atoms with E-state index in [1.165, 1.54) is 10.9 Å². The summed E-state index contributed by atoms with van der Waals surface area (Å²) in [5, 5.41) is 1.23. The molecule has 0 amide bonds. The Labute approximate surface area is 113 Å². The molecule has 100 valence electrons. The van der Waals surface area contributed by atoms with Crippen LogP contribution < -0.4 is 5.73 Å². The van der Waals surface area contributed by atoms with Crippen LogP contribution in [0.1, 0.15) is 43.0 Å². The van der Waals surface area contributed by atoms with E-state index < -0.39 is 0 Å². The van der Waals surface area contributed by atoms with E-state index in [1.807, 2.05) is 6.07 Å². The van der Waals surface area contributed by atoms with Gasteiger partial charge in [0, 0.05) is 35.5 Å². The second-order valence-electron chi connectivity index (χ2n) is 5.61. The van der Waals surface area contributed by atoms with Gasteiger partial charge in [-0.05, 0) is 37.3 Å². The van der Waals surface area contributed by atoms with Gasteiger partial charge in [-0.3, -0.25) is 4.79 Å². The van der Waals surface area contributed by atoms with Crippen LogP contribution in [0.25, 0.3) is 10.9 Å². The first-order valence-corrected chi connectivity index (χ1v) is 7.01. The van der Waals surface area contributed by atoms with Crippen LogP contribution in [0.4, 0.5) is 0 Å². The fraction of sp³-hybridized carbons (Fsp3) is 0.438. The highest BCUT2D eigenvalue weighted by atomic mass is 16.1. The van der Waals surface area contributed by atoms with E-state index >= 15 is 0 Å². The minimum atomic E-state index is 0.0317. The lowest BCUT2D eigenvalue weighted by Crippen LogP contribution is -2.26. The first-order valence-electron chi connectivity index (χ1n) is 7.01. The van der Waals surface area contributed by atoms with Crippen molar-refractivity contribution in [3.8, 4) is 0 Å². The number of hydrogen-bond acceptors (Lipinski definition) is 2. The fourth-order valence-electron chi connectivity index (χ4n) is 3.28. The highest BCUT2D eigenvalue weighted by molar-refractivity contribution is 5.85. The number of nitrogens with one attached hydrogen (secondary N) is 1. The van der Waals surface area contributed by atoms with Crippen LogP contribution in [0.15, 0.2) is 24.3 Å². The van der Waals surface area contributed by atoms with E-state index in [9.17, 15) is 4.79 Å². The van der Waals surface area contributed by atoms with Crippen LogP contribution >= 0.6 is 0 Å². The van der Waals surface area contributed by atoms with Gasteiger partial charge in [-0.25, -0.2) is 0 Å². The average molecular weight is 256 g/mol. The fourth-order valence-corrected chi connectivity index (χ4v) is 3.28. The molecule has 19 heavy (non-hydrogen) atoms. The minimum Gasteiger partial charge on any atom is -0.358 e. The van der Waals surface area contributed by atoms with Crippen LogP contribution in [-0.4, -0.2) is 10.8 Å². The lowest BCUT2D eigenvalue weighted by atomic mass is 9.80. The summed E-state index contributed by atoms with van der Waals surface area (Å²) in [4.78, 5) is 14.8. The molecule has 1 aliphatic carbocycles. The van der Waals surface area contributed by atoms with Crippen molar-refractivity contribution in [1.82, 2.24) is 4.98 Å². The highest BCUT2D eigenvalue weighted by Crippen LogP contribution is 2.36. The molecule has 1 aromatic heterocycles. The molecule has 0 spiro atoms. The van der Waals surface area contributed by atoms with Gasteiger partial charge in [0.05, 0.1) is 0 Å². The number of ketones is 1. The molecule has 1 heterocycles. The number of aryl methyl sites for hydroxylation is 1. The Kier molecular flexibility index (Phi) is 3.15. The van der Waals surface area contributed by atoms with E-state index in [0.717, 1.165) is 24.1 Å². The molecule has 3 rings (SSSR count). The maximum atomic E-state index is 11.4. The van der Waals surface area contributed by atoms with E-state index in [-0.39, 0.29) is 6.04 Å². The Hall–Kier alpha value is -1.61. The zero-order valence-electron chi connectivity index (χ0n) is 11.3. The number of Topliss-reactive ketones (excluding diaryl/α,β-unsaturated/α-hetero) is 1. The number of aromatic amines is 1. The summed E-state index contributed by atoms with van der Waals surface area (Å²) < 4.78 is 0. The van der Waals surface area contributed by atoms with Gasteiger partial charge in [-0.2, -0.15) is 0 Å². The van der Waals surface area contributed by atoms with Gasteiger partial charge >= 0.3 is 0 Å². The van der Waals surface area contributed by atoms with Crippen LogP contribution in [0.3, 0.4) is 0 Å². The number of H-pyrrole nitrogens is 1. The zero-order chi connectivity index (χ0) is 13.4. The summed E-state index contributed by atoms with van der Waals surface area (Å²) in [6, 6.07) is 8.33. The monoisotopic (exact) mass is 256 g/mol. The molecule has 2 aromatic rings. The number of nitrogens with two attached hydrogens (primary N) is 1. The number of carbonyl (C=O) groups excluding carboxylic acids is 1. The van der Waals surface area contributed by atoms with Crippen molar-refractivity contribution >= 4 is 16.7 Å². The molecule has 3 heteroatoms. The SMILES string of the molecule is Cc1[nH]c2ccccc2c1C(N)C1CCC(=O)CC1. The quantitative estimate of drug-likeness (QED) is 0.866. The first-order chi connectivity index (χ1) is 9.16. The summed E-state index contributed by atoms with van der Waals surface area (Å²) in [6.45, 7) is 2.09.